The summed E-state index contributed by atoms with van der Waals surface area (Å²) in [5.74, 6) is 0.777. The fourth-order valence-electron chi connectivity index (χ4n) is 2.63. The molecule has 1 aromatic heterocycles. The van der Waals surface area contributed by atoms with E-state index >= 15 is 0 Å². The minimum absolute atomic E-state index is 0.426. The normalized spacial score (nSPS) is 13.0. The van der Waals surface area contributed by atoms with Crippen molar-refractivity contribution >= 4 is 11.0 Å². The number of nitrogens with one attached hydrogen (secondary N) is 1. The first-order chi connectivity index (χ1) is 10.2. The Balaban J connectivity index is 2.12. The average molecular weight is 285 g/mol. The van der Waals surface area contributed by atoms with Crippen LogP contribution in [0.2, 0.25) is 0 Å². The molecule has 0 aliphatic carbocycles. The van der Waals surface area contributed by atoms with Crippen LogP contribution in [0.3, 0.4) is 0 Å². The van der Waals surface area contributed by atoms with Crippen molar-refractivity contribution in [2.75, 3.05) is 6.54 Å². The molecule has 3 nitrogen and oxygen atoms in total. The summed E-state index contributed by atoms with van der Waals surface area (Å²) in [5, 5.41) is 3.68. The summed E-state index contributed by atoms with van der Waals surface area (Å²) in [6, 6.07) is 6.89. The SMILES string of the molecule is CCCNC(CCCC(C)C)c1ccc2nccnc2c1. The van der Waals surface area contributed by atoms with Crippen LogP contribution in [0.4, 0.5) is 0 Å². The Bertz CT molecular complexity index is 551. The van der Waals surface area contributed by atoms with E-state index < -0.39 is 0 Å². The first kappa shape index (κ1) is 15.9. The lowest BCUT2D eigenvalue weighted by molar-refractivity contribution is 0.448. The summed E-state index contributed by atoms with van der Waals surface area (Å²) < 4.78 is 0. The van der Waals surface area contributed by atoms with E-state index in [0.29, 0.717) is 6.04 Å². The zero-order valence-electron chi connectivity index (χ0n) is 13.5. The minimum Gasteiger partial charge on any atom is -0.310 e. The topological polar surface area (TPSA) is 37.8 Å². The minimum atomic E-state index is 0.426. The highest BCUT2D eigenvalue weighted by Crippen LogP contribution is 2.23. The number of hydrogen-bond donors (Lipinski definition) is 1. The largest absolute Gasteiger partial charge is 0.310 e. The van der Waals surface area contributed by atoms with Gasteiger partial charge in [0.15, 0.2) is 0 Å². The molecule has 1 aromatic carbocycles. The van der Waals surface area contributed by atoms with Gasteiger partial charge in [0.05, 0.1) is 11.0 Å². The smallest absolute Gasteiger partial charge is 0.0890 e. The standard InChI is InChI=1S/C18H27N3/c1-4-10-19-16(7-5-6-14(2)3)15-8-9-17-18(13-15)21-12-11-20-17/h8-9,11-14,16,19H,4-7,10H2,1-3H3. The van der Waals surface area contributed by atoms with E-state index in [1.54, 1.807) is 12.4 Å². The number of nitrogens with zero attached hydrogens (tertiary/aromatic N) is 2. The number of hydrogen-bond acceptors (Lipinski definition) is 3. The second-order valence-corrected chi connectivity index (χ2v) is 6.14. The second kappa shape index (κ2) is 8.08. The van der Waals surface area contributed by atoms with Crippen molar-refractivity contribution in [3.63, 3.8) is 0 Å². The zero-order valence-corrected chi connectivity index (χ0v) is 13.5. The molecule has 0 amide bonds. The molecule has 0 radical (unpaired) electrons. The summed E-state index contributed by atoms with van der Waals surface area (Å²) in [4.78, 5) is 8.77. The van der Waals surface area contributed by atoms with Gasteiger partial charge in [0.25, 0.3) is 0 Å². The second-order valence-electron chi connectivity index (χ2n) is 6.14. The van der Waals surface area contributed by atoms with Gasteiger partial charge in [-0.2, -0.15) is 0 Å². The summed E-state index contributed by atoms with van der Waals surface area (Å²) in [5.41, 5.74) is 3.29. The van der Waals surface area contributed by atoms with E-state index in [9.17, 15) is 0 Å². The number of fused-ring (bicyclic) bond motifs is 1. The molecule has 1 heterocycles. The van der Waals surface area contributed by atoms with Crippen molar-refractivity contribution < 1.29 is 0 Å². The molecule has 1 N–H and O–H groups in total. The third-order valence-electron chi connectivity index (χ3n) is 3.81. The molecule has 1 atom stereocenters. The van der Waals surface area contributed by atoms with Crippen LogP contribution in [-0.4, -0.2) is 16.5 Å². The van der Waals surface area contributed by atoms with Crippen molar-refractivity contribution in [1.29, 1.82) is 0 Å². The molecular formula is C18H27N3. The van der Waals surface area contributed by atoms with E-state index in [2.05, 4.69) is 54.3 Å². The maximum absolute atomic E-state index is 4.42. The maximum atomic E-state index is 4.42. The summed E-state index contributed by atoms with van der Waals surface area (Å²) in [6.07, 6.45) is 8.41. The third-order valence-corrected chi connectivity index (χ3v) is 3.81. The van der Waals surface area contributed by atoms with Crippen LogP contribution >= 0.6 is 0 Å². The molecule has 0 aliphatic heterocycles. The Morgan fingerprint density at radius 2 is 1.81 bits per heavy atom. The van der Waals surface area contributed by atoms with Gasteiger partial charge in [-0.1, -0.05) is 39.7 Å². The number of aromatic nitrogens is 2. The van der Waals surface area contributed by atoms with Gasteiger partial charge >= 0.3 is 0 Å². The molecule has 0 spiro atoms. The first-order valence-corrected chi connectivity index (χ1v) is 8.14. The lowest BCUT2D eigenvalue weighted by Gasteiger charge is -2.20. The lowest BCUT2D eigenvalue weighted by atomic mass is 9.97. The van der Waals surface area contributed by atoms with Crippen LogP contribution in [0, 0.1) is 5.92 Å². The van der Waals surface area contributed by atoms with E-state index in [1.165, 1.54) is 24.8 Å². The predicted molar refractivity (Wildman–Crippen MR) is 89.3 cm³/mol. The molecule has 0 aliphatic rings. The van der Waals surface area contributed by atoms with Gasteiger partial charge in [0, 0.05) is 18.4 Å². The predicted octanol–water partition coefficient (Wildman–Crippen LogP) is 4.50. The van der Waals surface area contributed by atoms with Gasteiger partial charge in [0.2, 0.25) is 0 Å². The summed E-state index contributed by atoms with van der Waals surface area (Å²) in [7, 11) is 0. The average Bonchev–Trinajstić information content (AvgIpc) is 2.50. The fourth-order valence-corrected chi connectivity index (χ4v) is 2.63. The maximum Gasteiger partial charge on any atom is 0.0890 e. The zero-order chi connectivity index (χ0) is 15.1. The Kier molecular flexibility index (Phi) is 6.12. The van der Waals surface area contributed by atoms with E-state index in [4.69, 9.17) is 0 Å². The van der Waals surface area contributed by atoms with Crippen LogP contribution in [0.5, 0.6) is 0 Å². The highest BCUT2D eigenvalue weighted by atomic mass is 14.9. The fraction of sp³-hybridized carbons (Fsp3) is 0.556. The first-order valence-electron chi connectivity index (χ1n) is 8.14. The monoisotopic (exact) mass is 285 g/mol. The van der Waals surface area contributed by atoms with Crippen LogP contribution < -0.4 is 5.32 Å². The molecule has 0 bridgehead atoms. The third kappa shape index (κ3) is 4.78. The molecule has 3 heteroatoms. The molecule has 1 unspecified atom stereocenters. The highest BCUT2D eigenvalue weighted by molar-refractivity contribution is 5.74. The summed E-state index contributed by atoms with van der Waals surface area (Å²) in [6.45, 7) is 7.86. The van der Waals surface area contributed by atoms with Crippen molar-refractivity contribution in [2.24, 2.45) is 5.92 Å². The number of rotatable bonds is 8. The van der Waals surface area contributed by atoms with Crippen molar-refractivity contribution in [3.05, 3.63) is 36.2 Å². The Labute approximate surface area is 128 Å². The van der Waals surface area contributed by atoms with Crippen LogP contribution in [0.25, 0.3) is 11.0 Å². The van der Waals surface area contributed by atoms with Gasteiger partial charge in [-0.05, 0) is 43.0 Å². The van der Waals surface area contributed by atoms with Crippen LogP contribution in [0.15, 0.2) is 30.6 Å². The molecule has 0 saturated carbocycles. The van der Waals surface area contributed by atoms with Crippen molar-refractivity contribution in [3.8, 4) is 0 Å². The van der Waals surface area contributed by atoms with Crippen molar-refractivity contribution in [2.45, 2.75) is 52.5 Å². The molecule has 0 saturated heterocycles. The molecule has 21 heavy (non-hydrogen) atoms. The lowest BCUT2D eigenvalue weighted by Crippen LogP contribution is -2.22. The quantitative estimate of drug-likeness (QED) is 0.776. The molecule has 2 rings (SSSR count). The van der Waals surface area contributed by atoms with Gasteiger partial charge in [-0.3, -0.25) is 9.97 Å². The highest BCUT2D eigenvalue weighted by Gasteiger charge is 2.12. The van der Waals surface area contributed by atoms with Crippen LogP contribution in [-0.2, 0) is 0 Å². The van der Waals surface area contributed by atoms with Gasteiger partial charge in [-0.15, -0.1) is 0 Å². The van der Waals surface area contributed by atoms with Gasteiger partial charge < -0.3 is 5.32 Å². The van der Waals surface area contributed by atoms with Crippen LogP contribution in [0.1, 0.15) is 58.1 Å². The Morgan fingerprint density at radius 1 is 1.05 bits per heavy atom. The Hall–Kier alpha value is -1.48. The van der Waals surface area contributed by atoms with E-state index in [-0.39, 0.29) is 0 Å². The Morgan fingerprint density at radius 3 is 2.52 bits per heavy atom. The van der Waals surface area contributed by atoms with Gasteiger partial charge in [-0.25, -0.2) is 0 Å². The van der Waals surface area contributed by atoms with E-state index in [1.807, 2.05) is 0 Å². The summed E-state index contributed by atoms with van der Waals surface area (Å²) >= 11 is 0. The number of benzene rings is 1. The van der Waals surface area contributed by atoms with Crippen molar-refractivity contribution in [1.82, 2.24) is 15.3 Å². The molecule has 0 fully saturated rings. The molecular weight excluding hydrogens is 258 g/mol. The molecule has 114 valence electrons. The van der Waals surface area contributed by atoms with Gasteiger partial charge in [0.1, 0.15) is 0 Å². The molecule has 2 aromatic rings. The van der Waals surface area contributed by atoms with E-state index in [0.717, 1.165) is 29.9 Å².